The average molecular weight is 496 g/mol. The Morgan fingerprint density at radius 1 is 1.12 bits per heavy atom. The molecule has 180 valence electrons. The largest absolute Gasteiger partial charge is 0.347 e. The second kappa shape index (κ2) is 8.84. The van der Waals surface area contributed by atoms with Crippen molar-refractivity contribution in [3.8, 4) is 0 Å². The number of piperidine rings is 2. The van der Waals surface area contributed by atoms with Crippen LogP contribution in [-0.4, -0.2) is 79.9 Å². The second-order valence-electron chi connectivity index (χ2n) is 9.02. The van der Waals surface area contributed by atoms with Gasteiger partial charge in [-0.15, -0.1) is 11.8 Å². The molecule has 1 aromatic rings. The number of amides is 2. The summed E-state index contributed by atoms with van der Waals surface area (Å²) < 4.78 is 39.4. The number of sulfonamides is 1. The van der Waals surface area contributed by atoms with Gasteiger partial charge < -0.3 is 19.7 Å². The van der Waals surface area contributed by atoms with Crippen LogP contribution in [0, 0.1) is 5.92 Å². The average Bonchev–Trinajstić information content (AvgIpc) is 3.27. The van der Waals surface area contributed by atoms with E-state index in [0.717, 1.165) is 4.90 Å². The molecule has 5 rings (SSSR count). The van der Waals surface area contributed by atoms with Gasteiger partial charge >= 0.3 is 0 Å². The molecule has 1 unspecified atom stereocenters. The number of benzene rings is 1. The maximum Gasteiger partial charge on any atom is 0.243 e. The van der Waals surface area contributed by atoms with E-state index >= 15 is 0 Å². The Balaban J connectivity index is 1.20. The normalized spacial score (nSPS) is 26.3. The Kier molecular flexibility index (Phi) is 6.19. The summed E-state index contributed by atoms with van der Waals surface area (Å²) in [4.78, 5) is 27.9. The molecule has 0 aromatic heterocycles. The third-order valence-corrected chi connectivity index (χ3v) is 10.0. The Bertz CT molecular complexity index is 1040. The van der Waals surface area contributed by atoms with E-state index in [0.29, 0.717) is 70.8 Å². The summed E-state index contributed by atoms with van der Waals surface area (Å²) in [5.74, 6) is -0.714. The van der Waals surface area contributed by atoms with Crippen LogP contribution in [0.25, 0.3) is 0 Å². The summed E-state index contributed by atoms with van der Waals surface area (Å²) in [5, 5.41) is 2.58. The van der Waals surface area contributed by atoms with Crippen molar-refractivity contribution in [3.05, 3.63) is 18.2 Å². The molecule has 33 heavy (non-hydrogen) atoms. The number of anilines is 1. The number of hydrogen-bond acceptors (Lipinski definition) is 7. The van der Waals surface area contributed by atoms with Crippen molar-refractivity contribution in [1.82, 2.24) is 9.21 Å². The summed E-state index contributed by atoms with van der Waals surface area (Å²) in [5.41, 5.74) is 0.535. The van der Waals surface area contributed by atoms with Gasteiger partial charge in [-0.2, -0.15) is 4.31 Å². The van der Waals surface area contributed by atoms with E-state index in [1.807, 2.05) is 11.8 Å². The molecular formula is C22H29N3O6S2. The highest BCUT2D eigenvalue weighted by atomic mass is 32.2. The summed E-state index contributed by atoms with van der Waals surface area (Å²) in [6.45, 7) is 4.85. The van der Waals surface area contributed by atoms with Gasteiger partial charge in [0.15, 0.2) is 5.79 Å². The quantitative estimate of drug-likeness (QED) is 0.683. The molecule has 4 aliphatic rings. The molecule has 0 radical (unpaired) electrons. The molecule has 4 heterocycles. The van der Waals surface area contributed by atoms with Gasteiger partial charge in [0.25, 0.3) is 0 Å². The summed E-state index contributed by atoms with van der Waals surface area (Å²) in [7, 11) is -3.70. The standard InChI is InChI=1S/C22H29N3O6S2/c1-15-20(26)23-18-14-17(2-3-19(18)32-15)33(28,29)25-8-4-16(5-9-25)21(27)24-10-6-22(7-11-24)30-12-13-31-22/h2-3,14-16H,4-13H2,1H3,(H,23,26). The topological polar surface area (TPSA) is 105 Å². The van der Waals surface area contributed by atoms with Gasteiger partial charge in [-0.3, -0.25) is 9.59 Å². The Hall–Kier alpha value is -1.66. The van der Waals surface area contributed by atoms with E-state index in [2.05, 4.69) is 5.32 Å². The number of hydrogen-bond donors (Lipinski definition) is 1. The number of ether oxygens (including phenoxy) is 2. The molecule has 2 amide bonds. The number of nitrogens with zero attached hydrogens (tertiary/aromatic N) is 2. The highest BCUT2D eigenvalue weighted by Gasteiger charge is 2.42. The Morgan fingerprint density at radius 3 is 2.45 bits per heavy atom. The molecule has 3 saturated heterocycles. The Morgan fingerprint density at radius 2 is 1.79 bits per heavy atom. The van der Waals surface area contributed by atoms with Gasteiger partial charge in [-0.05, 0) is 38.0 Å². The fourth-order valence-corrected chi connectivity index (χ4v) is 7.38. The predicted molar refractivity (Wildman–Crippen MR) is 122 cm³/mol. The molecule has 11 heteroatoms. The summed E-state index contributed by atoms with van der Waals surface area (Å²) >= 11 is 1.42. The highest BCUT2D eigenvalue weighted by molar-refractivity contribution is 8.01. The molecule has 4 aliphatic heterocycles. The predicted octanol–water partition coefficient (Wildman–Crippen LogP) is 1.89. The van der Waals surface area contributed by atoms with Crippen LogP contribution in [0.1, 0.15) is 32.6 Å². The molecule has 0 aliphatic carbocycles. The first-order chi connectivity index (χ1) is 15.8. The number of carbonyl (C=O) groups excluding carboxylic acids is 2. The number of likely N-dealkylation sites (tertiary alicyclic amines) is 1. The molecule has 9 nitrogen and oxygen atoms in total. The van der Waals surface area contributed by atoms with Crippen molar-refractivity contribution in [1.29, 1.82) is 0 Å². The van der Waals surface area contributed by atoms with Crippen molar-refractivity contribution < 1.29 is 27.5 Å². The third-order valence-electron chi connectivity index (χ3n) is 6.97. The molecular weight excluding hydrogens is 466 g/mol. The summed E-state index contributed by atoms with van der Waals surface area (Å²) in [6, 6.07) is 4.88. The summed E-state index contributed by atoms with van der Waals surface area (Å²) in [6.07, 6.45) is 2.36. The smallest absolute Gasteiger partial charge is 0.243 e. The van der Waals surface area contributed by atoms with Crippen molar-refractivity contribution in [2.75, 3.05) is 44.7 Å². The lowest BCUT2D eigenvalue weighted by Gasteiger charge is -2.40. The van der Waals surface area contributed by atoms with E-state index in [1.165, 1.54) is 22.1 Å². The molecule has 0 saturated carbocycles. The van der Waals surface area contributed by atoms with E-state index in [1.54, 1.807) is 12.1 Å². The third kappa shape index (κ3) is 4.41. The van der Waals surface area contributed by atoms with Crippen molar-refractivity contribution in [3.63, 3.8) is 0 Å². The van der Waals surface area contributed by atoms with Crippen LogP contribution in [0.2, 0.25) is 0 Å². The van der Waals surface area contributed by atoms with Crippen LogP contribution in [0.3, 0.4) is 0 Å². The van der Waals surface area contributed by atoms with Gasteiger partial charge in [-0.25, -0.2) is 8.42 Å². The number of thioether (sulfide) groups is 1. The molecule has 1 spiro atoms. The lowest BCUT2D eigenvalue weighted by atomic mass is 9.94. The number of nitrogens with one attached hydrogen (secondary N) is 1. The molecule has 1 atom stereocenters. The molecule has 0 bridgehead atoms. The van der Waals surface area contributed by atoms with Crippen molar-refractivity contribution in [2.24, 2.45) is 5.92 Å². The minimum atomic E-state index is -3.70. The van der Waals surface area contributed by atoms with E-state index in [9.17, 15) is 18.0 Å². The lowest BCUT2D eigenvalue weighted by molar-refractivity contribution is -0.188. The molecule has 3 fully saturated rings. The zero-order chi connectivity index (χ0) is 23.2. The molecule has 1 aromatic carbocycles. The van der Waals surface area contributed by atoms with Crippen LogP contribution in [-0.2, 0) is 29.1 Å². The minimum absolute atomic E-state index is 0.0996. The van der Waals surface area contributed by atoms with E-state index < -0.39 is 15.8 Å². The first-order valence-electron chi connectivity index (χ1n) is 11.5. The monoisotopic (exact) mass is 495 g/mol. The number of fused-ring (bicyclic) bond motifs is 1. The minimum Gasteiger partial charge on any atom is -0.347 e. The highest BCUT2D eigenvalue weighted by Crippen LogP contribution is 2.38. The van der Waals surface area contributed by atoms with Gasteiger partial charge in [0.2, 0.25) is 21.8 Å². The van der Waals surface area contributed by atoms with Gasteiger partial charge in [0.05, 0.1) is 29.0 Å². The maximum absolute atomic E-state index is 13.2. The van der Waals surface area contributed by atoms with Crippen LogP contribution >= 0.6 is 11.8 Å². The van der Waals surface area contributed by atoms with Gasteiger partial charge in [0.1, 0.15) is 0 Å². The van der Waals surface area contributed by atoms with Crippen LogP contribution < -0.4 is 5.32 Å². The zero-order valence-corrected chi connectivity index (χ0v) is 20.3. The first kappa shape index (κ1) is 23.1. The SMILES string of the molecule is CC1Sc2ccc(S(=O)(=O)N3CCC(C(=O)N4CCC5(CC4)OCCO5)CC3)cc2NC1=O. The van der Waals surface area contributed by atoms with E-state index in [4.69, 9.17) is 9.47 Å². The zero-order valence-electron chi connectivity index (χ0n) is 18.6. The fraction of sp³-hybridized carbons (Fsp3) is 0.636. The van der Waals surface area contributed by atoms with Gasteiger partial charge in [0, 0.05) is 49.8 Å². The number of rotatable bonds is 3. The van der Waals surface area contributed by atoms with Crippen LogP contribution in [0.4, 0.5) is 5.69 Å². The van der Waals surface area contributed by atoms with Crippen molar-refractivity contribution >= 4 is 39.3 Å². The van der Waals surface area contributed by atoms with Gasteiger partial charge in [-0.1, -0.05) is 0 Å². The number of carbonyl (C=O) groups is 2. The molecule has 1 N–H and O–H groups in total. The Labute approximate surface area is 198 Å². The lowest BCUT2D eigenvalue weighted by Crippen LogP contribution is -2.50. The first-order valence-corrected chi connectivity index (χ1v) is 13.8. The second-order valence-corrected chi connectivity index (χ2v) is 12.3. The van der Waals surface area contributed by atoms with Crippen molar-refractivity contribution in [2.45, 2.75) is 53.4 Å². The maximum atomic E-state index is 13.2. The van der Waals surface area contributed by atoms with E-state index in [-0.39, 0.29) is 27.9 Å². The van der Waals surface area contributed by atoms with Crippen LogP contribution in [0.5, 0.6) is 0 Å². The van der Waals surface area contributed by atoms with Crippen LogP contribution in [0.15, 0.2) is 28.0 Å². The fourth-order valence-electron chi connectivity index (χ4n) is 4.95.